The molecule has 0 spiro atoms. The first kappa shape index (κ1) is 17.8. The van der Waals surface area contributed by atoms with Crippen LogP contribution >= 0.6 is 0 Å². The lowest BCUT2D eigenvalue weighted by Crippen LogP contribution is -1.95. The van der Waals surface area contributed by atoms with Gasteiger partial charge in [-0.15, -0.1) is 0 Å². The Morgan fingerprint density at radius 3 is 2.57 bits per heavy atom. The minimum atomic E-state index is 0.895. The Labute approximate surface area is 200 Å². The summed E-state index contributed by atoms with van der Waals surface area (Å²) in [7, 11) is 0. The van der Waals surface area contributed by atoms with Crippen LogP contribution in [0.25, 0.3) is 60.7 Å². The zero-order valence-electron chi connectivity index (χ0n) is 18.8. The molecule has 0 bridgehead atoms. The van der Waals surface area contributed by atoms with Crippen molar-refractivity contribution in [1.29, 1.82) is 0 Å². The Balaban J connectivity index is 1.44. The van der Waals surface area contributed by atoms with Crippen molar-refractivity contribution >= 4 is 38.5 Å². The number of benzene rings is 3. The maximum atomic E-state index is 5.12. The van der Waals surface area contributed by atoms with E-state index in [1.54, 1.807) is 0 Å². The number of rotatable bonds is 0. The highest BCUT2D eigenvalue weighted by Crippen LogP contribution is 2.49. The highest BCUT2D eigenvalue weighted by Gasteiger charge is 2.30. The average molecular weight is 447 g/mol. The summed E-state index contributed by atoms with van der Waals surface area (Å²) in [6.45, 7) is 0. The molecular formula is C31H18N4. The molecule has 0 saturated carbocycles. The van der Waals surface area contributed by atoms with Crippen molar-refractivity contribution in [1.82, 2.24) is 19.4 Å². The van der Waals surface area contributed by atoms with E-state index in [0.29, 0.717) is 0 Å². The van der Waals surface area contributed by atoms with Gasteiger partial charge in [0, 0.05) is 28.7 Å². The van der Waals surface area contributed by atoms with Gasteiger partial charge in [0.2, 0.25) is 0 Å². The van der Waals surface area contributed by atoms with E-state index in [4.69, 9.17) is 9.97 Å². The van der Waals surface area contributed by atoms with Gasteiger partial charge in [-0.25, -0.2) is 4.98 Å². The van der Waals surface area contributed by atoms with Crippen LogP contribution in [-0.2, 0) is 12.8 Å². The summed E-state index contributed by atoms with van der Waals surface area (Å²) in [5.41, 5.74) is 16.3. The molecule has 4 heteroatoms. The van der Waals surface area contributed by atoms with Crippen LogP contribution in [0.15, 0.2) is 85.3 Å². The second-order valence-corrected chi connectivity index (χ2v) is 9.66. The molecule has 4 heterocycles. The van der Waals surface area contributed by atoms with Crippen molar-refractivity contribution < 1.29 is 0 Å². The molecule has 0 aliphatic heterocycles. The molecule has 2 aliphatic carbocycles. The fourth-order valence-electron chi connectivity index (χ4n) is 6.54. The molecule has 0 radical (unpaired) electrons. The molecular weight excluding hydrogens is 428 g/mol. The molecule has 2 aliphatic rings. The standard InChI is InChI=1S/C31H18N4/c1-2-5-19-17(4-1)14-24-20(19)8-9-22-25(24)15-18-7-10-26-30(28(18)22)35-27-16-32-13-11-21(27)23-6-3-12-33-29(23)31(35)34-26/h1-13,16H,14-15H2. The molecule has 0 unspecified atom stereocenters. The smallest absolute Gasteiger partial charge is 0.165 e. The number of pyridine rings is 3. The Morgan fingerprint density at radius 2 is 1.57 bits per heavy atom. The van der Waals surface area contributed by atoms with Crippen molar-refractivity contribution in [2.24, 2.45) is 0 Å². The summed E-state index contributed by atoms with van der Waals surface area (Å²) < 4.78 is 2.29. The van der Waals surface area contributed by atoms with E-state index in [9.17, 15) is 0 Å². The summed E-state index contributed by atoms with van der Waals surface area (Å²) in [6, 6.07) is 24.2. The summed E-state index contributed by atoms with van der Waals surface area (Å²) >= 11 is 0. The zero-order chi connectivity index (χ0) is 22.7. The Morgan fingerprint density at radius 1 is 0.686 bits per heavy atom. The van der Waals surface area contributed by atoms with Gasteiger partial charge in [0.05, 0.1) is 22.7 Å². The van der Waals surface area contributed by atoms with Gasteiger partial charge < -0.3 is 0 Å². The van der Waals surface area contributed by atoms with Crippen molar-refractivity contribution in [2.75, 3.05) is 0 Å². The lowest BCUT2D eigenvalue weighted by Gasteiger charge is -2.11. The first-order valence-corrected chi connectivity index (χ1v) is 12.0. The highest BCUT2D eigenvalue weighted by molar-refractivity contribution is 6.13. The van der Waals surface area contributed by atoms with Gasteiger partial charge in [0.1, 0.15) is 5.52 Å². The van der Waals surface area contributed by atoms with E-state index in [0.717, 1.165) is 51.3 Å². The van der Waals surface area contributed by atoms with E-state index < -0.39 is 0 Å². The molecule has 9 rings (SSSR count). The van der Waals surface area contributed by atoms with Crippen molar-refractivity contribution in [3.8, 4) is 22.3 Å². The molecule has 3 aromatic carbocycles. The van der Waals surface area contributed by atoms with Gasteiger partial charge in [-0.05, 0) is 70.0 Å². The minimum absolute atomic E-state index is 0.895. The van der Waals surface area contributed by atoms with Gasteiger partial charge in [0.15, 0.2) is 5.65 Å². The Bertz CT molecular complexity index is 2070. The molecule has 0 fully saturated rings. The average Bonchev–Trinajstić information content (AvgIpc) is 3.59. The van der Waals surface area contributed by atoms with Crippen LogP contribution in [0.3, 0.4) is 0 Å². The van der Waals surface area contributed by atoms with Gasteiger partial charge in [0.25, 0.3) is 0 Å². The molecule has 0 saturated heterocycles. The largest absolute Gasteiger partial charge is 0.288 e. The monoisotopic (exact) mass is 446 g/mol. The fraction of sp³-hybridized carbons (Fsp3) is 0.0645. The van der Waals surface area contributed by atoms with Gasteiger partial charge in [-0.3, -0.25) is 14.4 Å². The normalized spacial score (nSPS) is 13.5. The molecule has 4 aromatic heterocycles. The van der Waals surface area contributed by atoms with Crippen molar-refractivity contribution in [3.05, 3.63) is 108 Å². The van der Waals surface area contributed by atoms with E-state index in [1.165, 1.54) is 44.5 Å². The summed E-state index contributed by atoms with van der Waals surface area (Å²) in [5.74, 6) is 0. The molecule has 7 aromatic rings. The van der Waals surface area contributed by atoms with Crippen LogP contribution < -0.4 is 0 Å². The predicted octanol–water partition coefficient (Wildman–Crippen LogP) is 6.73. The molecule has 0 atom stereocenters. The minimum Gasteiger partial charge on any atom is -0.288 e. The molecule has 0 N–H and O–H groups in total. The third kappa shape index (κ3) is 2.11. The SMILES string of the molecule is c1ccc2c(c1)Cc1c-2ccc2c1Cc1ccc3nc4c5ncccc5c5ccncc5n4c3c1-2. The van der Waals surface area contributed by atoms with E-state index in [1.807, 2.05) is 24.7 Å². The number of hydrogen-bond donors (Lipinski definition) is 0. The number of imidazole rings is 1. The van der Waals surface area contributed by atoms with Crippen LogP contribution in [0.1, 0.15) is 22.3 Å². The number of nitrogens with zero attached hydrogens (tertiary/aromatic N) is 4. The maximum Gasteiger partial charge on any atom is 0.165 e. The summed E-state index contributed by atoms with van der Waals surface area (Å²) in [4.78, 5) is 14.4. The van der Waals surface area contributed by atoms with Gasteiger partial charge in [-0.1, -0.05) is 48.5 Å². The lowest BCUT2D eigenvalue weighted by molar-refractivity contribution is 1.16. The number of fused-ring (bicyclic) bond motifs is 16. The van der Waals surface area contributed by atoms with Crippen LogP contribution in [0.4, 0.5) is 0 Å². The Kier molecular flexibility index (Phi) is 3.11. The quantitative estimate of drug-likeness (QED) is 0.243. The third-order valence-corrected chi connectivity index (χ3v) is 8.00. The first-order valence-electron chi connectivity index (χ1n) is 12.0. The summed E-state index contributed by atoms with van der Waals surface area (Å²) in [6.07, 6.45) is 7.66. The van der Waals surface area contributed by atoms with E-state index in [-0.39, 0.29) is 0 Å². The summed E-state index contributed by atoms with van der Waals surface area (Å²) in [5, 5.41) is 2.26. The maximum absolute atomic E-state index is 5.12. The second-order valence-electron chi connectivity index (χ2n) is 9.66. The number of aromatic nitrogens is 4. The van der Waals surface area contributed by atoms with Crippen LogP contribution in [0.2, 0.25) is 0 Å². The van der Waals surface area contributed by atoms with Gasteiger partial charge >= 0.3 is 0 Å². The Hall–Kier alpha value is -4.57. The number of hydrogen-bond acceptors (Lipinski definition) is 3. The predicted molar refractivity (Wildman–Crippen MR) is 140 cm³/mol. The fourth-order valence-corrected chi connectivity index (χ4v) is 6.54. The molecule has 162 valence electrons. The highest BCUT2D eigenvalue weighted by atomic mass is 15.0. The van der Waals surface area contributed by atoms with Crippen molar-refractivity contribution in [3.63, 3.8) is 0 Å². The second kappa shape index (κ2) is 6.10. The van der Waals surface area contributed by atoms with E-state index in [2.05, 4.69) is 70.0 Å². The van der Waals surface area contributed by atoms with Crippen LogP contribution in [0.5, 0.6) is 0 Å². The van der Waals surface area contributed by atoms with Crippen molar-refractivity contribution in [2.45, 2.75) is 12.8 Å². The zero-order valence-corrected chi connectivity index (χ0v) is 18.8. The lowest BCUT2D eigenvalue weighted by atomic mass is 9.96. The van der Waals surface area contributed by atoms with Crippen LogP contribution in [0, 0.1) is 0 Å². The first-order chi connectivity index (χ1) is 17.4. The van der Waals surface area contributed by atoms with E-state index >= 15 is 0 Å². The molecule has 35 heavy (non-hydrogen) atoms. The topological polar surface area (TPSA) is 43.1 Å². The van der Waals surface area contributed by atoms with Crippen LogP contribution in [-0.4, -0.2) is 19.4 Å². The molecule has 0 amide bonds. The van der Waals surface area contributed by atoms with Gasteiger partial charge in [-0.2, -0.15) is 0 Å². The molecule has 4 nitrogen and oxygen atoms in total. The third-order valence-electron chi connectivity index (χ3n) is 8.00.